The van der Waals surface area contributed by atoms with Crippen molar-refractivity contribution in [1.82, 2.24) is 20.2 Å². The van der Waals surface area contributed by atoms with Gasteiger partial charge in [-0.2, -0.15) is 0 Å². The van der Waals surface area contributed by atoms with Crippen LogP contribution in [-0.4, -0.2) is 66.7 Å². The maximum atomic E-state index is 4.57. The van der Waals surface area contributed by atoms with Gasteiger partial charge in [-0.3, -0.25) is 0 Å². The molecular weight excluding hydrogens is 310 g/mol. The monoisotopic (exact) mass is 331 g/mol. The van der Waals surface area contributed by atoms with Crippen LogP contribution in [0.3, 0.4) is 0 Å². The molecule has 1 fully saturated rings. The second kappa shape index (κ2) is 6.99. The number of nitrogens with zero attached hydrogens (tertiary/aromatic N) is 7. The van der Waals surface area contributed by atoms with E-state index in [0.29, 0.717) is 0 Å². The van der Waals surface area contributed by atoms with Crippen molar-refractivity contribution in [3.63, 3.8) is 0 Å². The number of hydrogen-bond donors (Lipinski definition) is 0. The molecule has 2 aromatic rings. The highest BCUT2D eigenvalue weighted by molar-refractivity contribution is 7.98. The van der Waals surface area contributed by atoms with Gasteiger partial charge in [0.15, 0.2) is 16.8 Å². The summed E-state index contributed by atoms with van der Waals surface area (Å²) in [5.41, 5.74) is 0. The Bertz CT molecular complexity index is 639. The normalized spacial score (nSPS) is 14.9. The Hall–Kier alpha value is -2.09. The van der Waals surface area contributed by atoms with Gasteiger partial charge in [-0.15, -0.1) is 10.2 Å². The lowest BCUT2D eigenvalue weighted by molar-refractivity contribution is 0.634. The number of piperazine rings is 1. The van der Waals surface area contributed by atoms with E-state index >= 15 is 0 Å². The highest BCUT2D eigenvalue weighted by atomic mass is 32.2. The molecule has 7 nitrogen and oxygen atoms in total. The van der Waals surface area contributed by atoms with Crippen LogP contribution in [0.1, 0.15) is 0 Å². The first-order valence-electron chi connectivity index (χ1n) is 7.55. The Labute approximate surface area is 140 Å². The van der Waals surface area contributed by atoms with Gasteiger partial charge >= 0.3 is 0 Å². The molecule has 0 aliphatic carbocycles. The van der Waals surface area contributed by atoms with Crippen LogP contribution >= 0.6 is 11.8 Å². The van der Waals surface area contributed by atoms with Crippen LogP contribution in [0.4, 0.5) is 17.5 Å². The molecule has 0 aromatic carbocycles. The second-order valence-corrected chi connectivity index (χ2v) is 6.29. The van der Waals surface area contributed by atoms with Gasteiger partial charge < -0.3 is 14.7 Å². The smallest absolute Gasteiger partial charge is 0.189 e. The fourth-order valence-electron chi connectivity index (χ4n) is 2.50. The summed E-state index contributed by atoms with van der Waals surface area (Å²) in [5.74, 6) is 2.80. The maximum Gasteiger partial charge on any atom is 0.189 e. The molecule has 23 heavy (non-hydrogen) atoms. The van der Waals surface area contributed by atoms with Crippen molar-refractivity contribution in [1.29, 1.82) is 0 Å². The molecule has 122 valence electrons. The molecule has 1 aliphatic heterocycles. The first-order valence-corrected chi connectivity index (χ1v) is 8.78. The Kier molecular flexibility index (Phi) is 4.80. The number of anilines is 3. The number of hydrogen-bond acceptors (Lipinski definition) is 8. The predicted molar refractivity (Wildman–Crippen MR) is 94.6 cm³/mol. The maximum absolute atomic E-state index is 4.57. The molecule has 0 saturated carbocycles. The van der Waals surface area contributed by atoms with Gasteiger partial charge in [0.05, 0.1) is 0 Å². The molecule has 0 unspecified atom stereocenters. The number of rotatable bonds is 4. The highest BCUT2D eigenvalue weighted by Gasteiger charge is 2.19. The third-order valence-electron chi connectivity index (χ3n) is 3.82. The topological polar surface area (TPSA) is 61.3 Å². The van der Waals surface area contributed by atoms with Crippen molar-refractivity contribution in [2.75, 3.05) is 61.2 Å². The van der Waals surface area contributed by atoms with Crippen molar-refractivity contribution in [2.45, 2.75) is 5.16 Å². The molecule has 0 spiro atoms. The summed E-state index contributed by atoms with van der Waals surface area (Å²) in [5, 5.41) is 9.40. The summed E-state index contributed by atoms with van der Waals surface area (Å²) >= 11 is 1.57. The minimum Gasteiger partial charge on any atom is -0.361 e. The van der Waals surface area contributed by atoms with Crippen LogP contribution in [0.5, 0.6) is 0 Å². The Morgan fingerprint density at radius 2 is 1.65 bits per heavy atom. The quantitative estimate of drug-likeness (QED) is 0.615. The van der Waals surface area contributed by atoms with E-state index < -0.39 is 0 Å². The van der Waals surface area contributed by atoms with E-state index in [1.165, 1.54) is 0 Å². The van der Waals surface area contributed by atoms with E-state index in [4.69, 9.17) is 0 Å². The zero-order chi connectivity index (χ0) is 16.2. The summed E-state index contributed by atoms with van der Waals surface area (Å²) < 4.78 is 0. The minimum atomic E-state index is 0.815. The number of aromatic nitrogens is 4. The number of thioether (sulfide) groups is 1. The summed E-state index contributed by atoms with van der Waals surface area (Å²) in [6, 6.07) is 6.01. The van der Waals surface area contributed by atoms with E-state index in [1.807, 2.05) is 49.6 Å². The Morgan fingerprint density at radius 3 is 2.22 bits per heavy atom. The Balaban J connectivity index is 1.63. The third kappa shape index (κ3) is 3.64. The molecule has 2 aromatic heterocycles. The first kappa shape index (κ1) is 15.8. The van der Waals surface area contributed by atoms with Gasteiger partial charge in [-0.1, -0.05) is 11.8 Å². The summed E-state index contributed by atoms with van der Waals surface area (Å²) in [6.45, 7) is 3.66. The first-order chi connectivity index (χ1) is 11.2. The molecule has 0 bridgehead atoms. The van der Waals surface area contributed by atoms with Gasteiger partial charge in [-0.25, -0.2) is 9.97 Å². The van der Waals surface area contributed by atoms with Gasteiger partial charge in [0, 0.05) is 46.5 Å². The predicted octanol–water partition coefficient (Wildman–Crippen LogP) is 1.38. The summed E-state index contributed by atoms with van der Waals surface area (Å²) in [7, 11) is 3.93. The second-order valence-electron chi connectivity index (χ2n) is 5.52. The molecule has 3 heterocycles. The third-order valence-corrected chi connectivity index (χ3v) is 4.39. The fraction of sp³-hybridized carbons (Fsp3) is 0.467. The lowest BCUT2D eigenvalue weighted by Gasteiger charge is -2.35. The molecule has 0 atom stereocenters. The molecular formula is C15H21N7S. The van der Waals surface area contributed by atoms with Crippen molar-refractivity contribution in [2.24, 2.45) is 0 Å². The van der Waals surface area contributed by atoms with Gasteiger partial charge in [0.1, 0.15) is 5.82 Å². The highest BCUT2D eigenvalue weighted by Crippen LogP contribution is 2.19. The summed E-state index contributed by atoms with van der Waals surface area (Å²) in [6.07, 6.45) is 3.82. The van der Waals surface area contributed by atoms with Crippen LogP contribution in [0.25, 0.3) is 0 Å². The molecule has 0 amide bonds. The van der Waals surface area contributed by atoms with Crippen molar-refractivity contribution in [3.8, 4) is 0 Å². The van der Waals surface area contributed by atoms with E-state index in [9.17, 15) is 0 Å². The van der Waals surface area contributed by atoms with Crippen molar-refractivity contribution >= 4 is 29.2 Å². The lowest BCUT2D eigenvalue weighted by atomic mass is 10.3. The molecule has 1 saturated heterocycles. The van der Waals surface area contributed by atoms with Crippen LogP contribution in [0, 0.1) is 0 Å². The van der Waals surface area contributed by atoms with Crippen molar-refractivity contribution < 1.29 is 0 Å². The van der Waals surface area contributed by atoms with Crippen molar-refractivity contribution in [3.05, 3.63) is 24.4 Å². The SMILES string of the molecule is CSc1nccc(N2CCN(c3ccc(N(C)C)nn3)CC2)n1. The van der Waals surface area contributed by atoms with Gasteiger partial charge in [0.2, 0.25) is 0 Å². The lowest BCUT2D eigenvalue weighted by Crippen LogP contribution is -2.47. The zero-order valence-electron chi connectivity index (χ0n) is 13.7. The van der Waals surface area contributed by atoms with E-state index in [2.05, 4.69) is 30.0 Å². The van der Waals surface area contributed by atoms with E-state index in [1.54, 1.807) is 11.8 Å². The minimum absolute atomic E-state index is 0.815. The Morgan fingerprint density at radius 1 is 0.957 bits per heavy atom. The van der Waals surface area contributed by atoms with Crippen LogP contribution in [0.15, 0.2) is 29.6 Å². The largest absolute Gasteiger partial charge is 0.361 e. The van der Waals surface area contributed by atoms with Gasteiger partial charge in [-0.05, 0) is 24.5 Å². The zero-order valence-corrected chi connectivity index (χ0v) is 14.5. The summed E-state index contributed by atoms with van der Waals surface area (Å²) in [4.78, 5) is 15.3. The average Bonchev–Trinajstić information content (AvgIpc) is 2.62. The van der Waals surface area contributed by atoms with Gasteiger partial charge in [0.25, 0.3) is 0 Å². The molecule has 3 rings (SSSR count). The standard InChI is InChI=1S/C15H21N7S/c1-20(2)13-4-5-14(19-18-13)22-10-8-21(9-11-22)12-6-7-16-15(17-12)23-3/h4-7H,8-11H2,1-3H3. The van der Waals surface area contributed by atoms with E-state index in [-0.39, 0.29) is 0 Å². The average molecular weight is 331 g/mol. The van der Waals surface area contributed by atoms with E-state index in [0.717, 1.165) is 48.8 Å². The molecule has 0 N–H and O–H groups in total. The molecule has 1 aliphatic rings. The molecule has 0 radical (unpaired) electrons. The molecule has 8 heteroatoms. The van der Waals surface area contributed by atoms with Crippen LogP contribution in [0.2, 0.25) is 0 Å². The fourth-order valence-corrected chi connectivity index (χ4v) is 2.85. The van der Waals surface area contributed by atoms with Crippen LogP contribution in [-0.2, 0) is 0 Å². The van der Waals surface area contributed by atoms with Crippen LogP contribution < -0.4 is 14.7 Å².